The molecule has 0 bridgehead atoms. The molecule has 1 aliphatic rings. The third-order valence-electron chi connectivity index (χ3n) is 5.47. The summed E-state index contributed by atoms with van der Waals surface area (Å²) in [6, 6.07) is 11.8. The van der Waals surface area contributed by atoms with Crippen LogP contribution in [-0.2, 0) is 0 Å². The van der Waals surface area contributed by atoms with Crippen LogP contribution < -0.4 is 10.2 Å². The van der Waals surface area contributed by atoms with E-state index in [4.69, 9.17) is 0 Å². The molecule has 0 spiro atoms. The number of nitrogens with zero attached hydrogens (tertiary/aromatic N) is 3. The zero-order valence-corrected chi connectivity index (χ0v) is 17.9. The standard InChI is InChI=1S/C23H16N4O7/c1-12-3-6-15(26(31)32)10-19(12)24-21(28)14-5-8-17-18(9-14)23(30)25(22(17)29)20-11-16(27(33)34)7-4-13(20)2/h3-11H,1-2H3,(H,24,28). The van der Waals surface area contributed by atoms with E-state index in [0.717, 1.165) is 11.0 Å². The quantitative estimate of drug-likeness (QED) is 0.340. The molecule has 0 aromatic heterocycles. The number of nitro groups is 2. The van der Waals surface area contributed by atoms with Gasteiger partial charge in [-0.05, 0) is 43.2 Å². The number of carbonyl (C=O) groups excluding carboxylic acids is 3. The largest absolute Gasteiger partial charge is 0.321 e. The number of benzene rings is 3. The van der Waals surface area contributed by atoms with Crippen molar-refractivity contribution >= 4 is 40.5 Å². The van der Waals surface area contributed by atoms with E-state index in [1.54, 1.807) is 13.8 Å². The fourth-order valence-corrected chi connectivity index (χ4v) is 3.61. The number of amides is 3. The molecule has 0 saturated heterocycles. The number of hydrogen-bond acceptors (Lipinski definition) is 7. The van der Waals surface area contributed by atoms with Gasteiger partial charge in [-0.1, -0.05) is 12.1 Å². The van der Waals surface area contributed by atoms with Crippen molar-refractivity contribution in [2.24, 2.45) is 0 Å². The van der Waals surface area contributed by atoms with Crippen molar-refractivity contribution < 1.29 is 24.2 Å². The van der Waals surface area contributed by atoms with Crippen LogP contribution in [0.2, 0.25) is 0 Å². The fourth-order valence-electron chi connectivity index (χ4n) is 3.61. The lowest BCUT2D eigenvalue weighted by molar-refractivity contribution is -0.385. The first-order chi connectivity index (χ1) is 16.1. The Hall–Kier alpha value is -4.93. The number of aryl methyl sites for hydroxylation is 2. The lowest BCUT2D eigenvalue weighted by atomic mass is 10.0. The predicted molar refractivity (Wildman–Crippen MR) is 121 cm³/mol. The van der Waals surface area contributed by atoms with Gasteiger partial charge in [-0.25, -0.2) is 4.90 Å². The van der Waals surface area contributed by atoms with E-state index in [0.29, 0.717) is 11.1 Å². The number of rotatable bonds is 5. The lowest BCUT2D eigenvalue weighted by Gasteiger charge is -2.16. The first kappa shape index (κ1) is 22.3. The minimum absolute atomic E-state index is 0.0284. The van der Waals surface area contributed by atoms with Gasteiger partial charge in [0.25, 0.3) is 29.1 Å². The Morgan fingerprint density at radius 3 is 2.03 bits per heavy atom. The van der Waals surface area contributed by atoms with Gasteiger partial charge >= 0.3 is 0 Å². The number of imide groups is 1. The second-order valence-corrected chi connectivity index (χ2v) is 7.64. The molecule has 0 radical (unpaired) electrons. The molecule has 34 heavy (non-hydrogen) atoms. The Morgan fingerprint density at radius 1 is 0.794 bits per heavy atom. The molecule has 1 aliphatic heterocycles. The Kier molecular flexibility index (Phi) is 5.37. The van der Waals surface area contributed by atoms with Gasteiger partial charge in [0.2, 0.25) is 0 Å². The number of nitro benzene ring substituents is 2. The first-order valence-corrected chi connectivity index (χ1v) is 9.92. The molecule has 11 nitrogen and oxygen atoms in total. The summed E-state index contributed by atoms with van der Waals surface area (Å²) in [6.07, 6.45) is 0. The second-order valence-electron chi connectivity index (χ2n) is 7.64. The average Bonchev–Trinajstić information content (AvgIpc) is 3.04. The van der Waals surface area contributed by atoms with Crippen LogP contribution in [0.15, 0.2) is 54.6 Å². The highest BCUT2D eigenvalue weighted by Gasteiger charge is 2.38. The molecule has 1 N–H and O–H groups in total. The summed E-state index contributed by atoms with van der Waals surface area (Å²) in [5, 5.41) is 24.8. The van der Waals surface area contributed by atoms with Crippen LogP contribution in [0.4, 0.5) is 22.7 Å². The van der Waals surface area contributed by atoms with Gasteiger partial charge in [0, 0.05) is 29.8 Å². The van der Waals surface area contributed by atoms with Crippen molar-refractivity contribution in [3.8, 4) is 0 Å². The maximum atomic E-state index is 13.1. The van der Waals surface area contributed by atoms with Gasteiger partial charge in [-0.3, -0.25) is 34.6 Å². The van der Waals surface area contributed by atoms with E-state index in [2.05, 4.69) is 5.32 Å². The van der Waals surface area contributed by atoms with Gasteiger partial charge in [-0.2, -0.15) is 0 Å². The number of anilines is 2. The Labute approximate surface area is 191 Å². The monoisotopic (exact) mass is 460 g/mol. The molecule has 11 heteroatoms. The van der Waals surface area contributed by atoms with Gasteiger partial charge in [0.05, 0.1) is 32.3 Å². The third kappa shape index (κ3) is 3.75. The summed E-state index contributed by atoms with van der Waals surface area (Å²) in [6.45, 7) is 3.28. The molecule has 0 saturated carbocycles. The van der Waals surface area contributed by atoms with Crippen molar-refractivity contribution in [2.75, 3.05) is 10.2 Å². The molecule has 0 atom stereocenters. The normalized spacial score (nSPS) is 12.5. The number of fused-ring (bicyclic) bond motifs is 1. The number of hydrogen-bond donors (Lipinski definition) is 1. The maximum Gasteiger partial charge on any atom is 0.271 e. The summed E-state index contributed by atoms with van der Waals surface area (Å²) in [7, 11) is 0. The molecule has 0 aliphatic carbocycles. The maximum absolute atomic E-state index is 13.1. The van der Waals surface area contributed by atoms with Gasteiger partial charge < -0.3 is 5.32 Å². The summed E-state index contributed by atoms with van der Waals surface area (Å²) in [5.74, 6) is -2.01. The Bertz CT molecular complexity index is 1430. The molecule has 4 rings (SSSR count). The highest BCUT2D eigenvalue weighted by atomic mass is 16.6. The van der Waals surface area contributed by atoms with E-state index in [9.17, 15) is 34.6 Å². The van der Waals surface area contributed by atoms with Gasteiger partial charge in [0.15, 0.2) is 0 Å². The van der Waals surface area contributed by atoms with Gasteiger partial charge in [0.1, 0.15) is 0 Å². The molecule has 1 heterocycles. The Balaban J connectivity index is 1.67. The summed E-state index contributed by atoms with van der Waals surface area (Å²) in [4.78, 5) is 60.6. The van der Waals surface area contributed by atoms with Crippen LogP contribution in [-0.4, -0.2) is 27.6 Å². The van der Waals surface area contributed by atoms with Crippen LogP contribution >= 0.6 is 0 Å². The molecule has 0 unspecified atom stereocenters. The second kappa shape index (κ2) is 8.20. The predicted octanol–water partition coefficient (Wildman–Crippen LogP) is 4.17. The van der Waals surface area contributed by atoms with Gasteiger partial charge in [-0.15, -0.1) is 0 Å². The number of non-ortho nitro benzene ring substituents is 2. The lowest BCUT2D eigenvalue weighted by Crippen LogP contribution is -2.30. The van der Waals surface area contributed by atoms with Crippen LogP contribution in [0.25, 0.3) is 0 Å². The summed E-state index contributed by atoms with van der Waals surface area (Å²) >= 11 is 0. The minimum Gasteiger partial charge on any atom is -0.321 e. The van der Waals surface area contributed by atoms with Crippen molar-refractivity contribution in [3.05, 3.63) is 103 Å². The Morgan fingerprint density at radius 2 is 1.38 bits per heavy atom. The van der Waals surface area contributed by atoms with E-state index in [1.807, 2.05) is 0 Å². The van der Waals surface area contributed by atoms with E-state index < -0.39 is 27.6 Å². The molecular formula is C23H16N4O7. The van der Waals surface area contributed by atoms with E-state index in [1.165, 1.54) is 48.5 Å². The van der Waals surface area contributed by atoms with Crippen molar-refractivity contribution in [3.63, 3.8) is 0 Å². The molecule has 170 valence electrons. The number of carbonyl (C=O) groups is 3. The van der Waals surface area contributed by atoms with Crippen molar-refractivity contribution in [1.82, 2.24) is 0 Å². The topological polar surface area (TPSA) is 153 Å². The molecule has 0 fully saturated rings. The van der Waals surface area contributed by atoms with Crippen LogP contribution in [0.1, 0.15) is 42.2 Å². The van der Waals surface area contributed by atoms with Crippen LogP contribution in [0.3, 0.4) is 0 Å². The van der Waals surface area contributed by atoms with Crippen molar-refractivity contribution in [2.45, 2.75) is 13.8 Å². The molecule has 3 aromatic rings. The minimum atomic E-state index is -0.718. The van der Waals surface area contributed by atoms with Crippen molar-refractivity contribution in [1.29, 1.82) is 0 Å². The third-order valence-corrected chi connectivity index (χ3v) is 5.47. The van der Waals surface area contributed by atoms with E-state index in [-0.39, 0.29) is 39.4 Å². The SMILES string of the molecule is Cc1ccc([N+](=O)[O-])cc1NC(=O)c1ccc2c(c1)C(=O)N(c1cc([N+](=O)[O-])ccc1C)C2=O. The fraction of sp³-hybridized carbons (Fsp3) is 0.0870. The smallest absolute Gasteiger partial charge is 0.271 e. The molecule has 3 aromatic carbocycles. The highest BCUT2D eigenvalue weighted by Crippen LogP contribution is 2.33. The zero-order chi connectivity index (χ0) is 24.7. The first-order valence-electron chi connectivity index (χ1n) is 9.92. The van der Waals surface area contributed by atoms with Crippen LogP contribution in [0, 0.1) is 34.1 Å². The average molecular weight is 460 g/mol. The van der Waals surface area contributed by atoms with Crippen LogP contribution in [0.5, 0.6) is 0 Å². The highest BCUT2D eigenvalue weighted by molar-refractivity contribution is 6.35. The molecule has 3 amide bonds. The zero-order valence-electron chi connectivity index (χ0n) is 17.9. The van der Waals surface area contributed by atoms with E-state index >= 15 is 0 Å². The number of nitrogens with one attached hydrogen (secondary N) is 1. The summed E-state index contributed by atoms with van der Waals surface area (Å²) in [5.41, 5.74) is 1.01. The molecular weight excluding hydrogens is 444 g/mol. The summed E-state index contributed by atoms with van der Waals surface area (Å²) < 4.78 is 0.